The molecule has 0 saturated heterocycles. The van der Waals surface area contributed by atoms with Gasteiger partial charge in [0.15, 0.2) is 0 Å². The molecule has 0 spiro atoms. The third-order valence-electron chi connectivity index (χ3n) is 1.63. The van der Waals surface area contributed by atoms with Crippen molar-refractivity contribution in [1.29, 1.82) is 0 Å². The van der Waals surface area contributed by atoms with E-state index in [0.717, 1.165) is 18.5 Å². The molecule has 0 atom stereocenters. The lowest BCUT2D eigenvalue weighted by molar-refractivity contribution is 1.10. The third-order valence-corrected chi connectivity index (χ3v) is 1.63. The van der Waals surface area contributed by atoms with E-state index >= 15 is 0 Å². The van der Waals surface area contributed by atoms with Gasteiger partial charge in [-0.15, -0.1) is 0 Å². The predicted molar refractivity (Wildman–Crippen MR) is 55.0 cm³/mol. The minimum atomic E-state index is 0.888. The van der Waals surface area contributed by atoms with Crippen LogP contribution in [0.3, 0.4) is 0 Å². The number of allylic oxidation sites excluding steroid dienone is 3. The smallest absolute Gasteiger partial charge is 0.0441 e. The van der Waals surface area contributed by atoms with Crippen LogP contribution in [0.1, 0.15) is 12.1 Å². The summed E-state index contributed by atoms with van der Waals surface area (Å²) < 4.78 is 0. The number of rotatable bonds is 4. The first kappa shape index (κ1) is 9.52. The van der Waals surface area contributed by atoms with Crippen molar-refractivity contribution in [3.8, 4) is 0 Å². The maximum absolute atomic E-state index is 5.20. The summed E-state index contributed by atoms with van der Waals surface area (Å²) in [6.07, 6.45) is 11.2. The summed E-state index contributed by atoms with van der Waals surface area (Å²) in [5, 5.41) is 0. The molecule has 1 heterocycles. The van der Waals surface area contributed by atoms with E-state index < -0.39 is 0 Å². The van der Waals surface area contributed by atoms with Gasteiger partial charge in [-0.1, -0.05) is 24.3 Å². The molecule has 0 saturated carbocycles. The van der Waals surface area contributed by atoms with Gasteiger partial charge < -0.3 is 5.73 Å². The third kappa shape index (κ3) is 4.11. The molecular weight excluding hydrogens is 160 g/mol. The van der Waals surface area contributed by atoms with Gasteiger partial charge in [-0.2, -0.15) is 0 Å². The van der Waals surface area contributed by atoms with Crippen molar-refractivity contribution in [2.75, 3.05) is 0 Å². The second-order valence-electron chi connectivity index (χ2n) is 2.66. The summed E-state index contributed by atoms with van der Waals surface area (Å²) in [5.74, 6) is 0. The number of hydrogen-bond acceptors (Lipinski definition) is 2. The van der Waals surface area contributed by atoms with Gasteiger partial charge in [0.2, 0.25) is 0 Å². The van der Waals surface area contributed by atoms with Gasteiger partial charge in [0.25, 0.3) is 0 Å². The lowest BCUT2D eigenvalue weighted by Crippen LogP contribution is -1.84. The van der Waals surface area contributed by atoms with Gasteiger partial charge in [-0.25, -0.2) is 0 Å². The molecule has 1 aromatic rings. The van der Waals surface area contributed by atoms with Gasteiger partial charge >= 0.3 is 0 Å². The molecule has 2 nitrogen and oxygen atoms in total. The zero-order valence-corrected chi connectivity index (χ0v) is 7.56. The molecule has 1 aromatic heterocycles. The first-order valence-electron chi connectivity index (χ1n) is 4.35. The molecule has 0 aliphatic carbocycles. The molecule has 0 unspecified atom stereocenters. The molecule has 13 heavy (non-hydrogen) atoms. The van der Waals surface area contributed by atoms with Gasteiger partial charge in [-0.05, 0) is 24.8 Å². The largest absolute Gasteiger partial charge is 0.405 e. The fourth-order valence-electron chi connectivity index (χ4n) is 0.976. The Labute approximate surface area is 78.8 Å². The first-order chi connectivity index (χ1) is 6.43. The van der Waals surface area contributed by atoms with E-state index in [1.807, 2.05) is 30.5 Å². The highest BCUT2D eigenvalue weighted by Gasteiger charge is 1.85. The molecule has 2 N–H and O–H groups in total. The van der Waals surface area contributed by atoms with E-state index in [2.05, 4.69) is 17.1 Å². The molecule has 2 heteroatoms. The van der Waals surface area contributed by atoms with E-state index in [4.69, 9.17) is 5.73 Å². The topological polar surface area (TPSA) is 38.9 Å². The summed E-state index contributed by atoms with van der Waals surface area (Å²) in [6.45, 7) is 0. The van der Waals surface area contributed by atoms with E-state index in [-0.39, 0.29) is 0 Å². The second-order valence-corrected chi connectivity index (χ2v) is 2.66. The molecule has 0 aromatic carbocycles. The zero-order valence-electron chi connectivity index (χ0n) is 7.56. The highest BCUT2D eigenvalue weighted by molar-refractivity contribution is 5.08. The lowest BCUT2D eigenvalue weighted by atomic mass is 10.2. The Morgan fingerprint density at radius 3 is 2.85 bits per heavy atom. The lowest BCUT2D eigenvalue weighted by Gasteiger charge is -1.92. The average molecular weight is 174 g/mol. The SMILES string of the molecule is N/C=C\C/C=C\Cc1ccccn1. The number of pyridine rings is 1. The van der Waals surface area contributed by atoms with Crippen LogP contribution in [0.25, 0.3) is 0 Å². The van der Waals surface area contributed by atoms with Crippen LogP contribution < -0.4 is 5.73 Å². The monoisotopic (exact) mass is 174 g/mol. The fourth-order valence-corrected chi connectivity index (χ4v) is 0.976. The molecule has 0 aliphatic rings. The number of nitrogens with zero attached hydrogens (tertiary/aromatic N) is 1. The van der Waals surface area contributed by atoms with Crippen molar-refractivity contribution in [2.45, 2.75) is 12.8 Å². The highest BCUT2D eigenvalue weighted by Crippen LogP contribution is 1.96. The number of nitrogens with two attached hydrogens (primary N) is 1. The Morgan fingerprint density at radius 2 is 2.15 bits per heavy atom. The van der Waals surface area contributed by atoms with Crippen LogP contribution in [0, 0.1) is 0 Å². The van der Waals surface area contributed by atoms with Crippen LogP contribution >= 0.6 is 0 Å². The zero-order chi connectivity index (χ0) is 9.36. The summed E-state index contributed by atoms with van der Waals surface area (Å²) in [7, 11) is 0. The second kappa shape index (κ2) is 6.00. The maximum atomic E-state index is 5.20. The van der Waals surface area contributed by atoms with Crippen molar-refractivity contribution < 1.29 is 0 Å². The van der Waals surface area contributed by atoms with Crippen molar-refractivity contribution in [3.05, 3.63) is 54.5 Å². The van der Waals surface area contributed by atoms with Crippen molar-refractivity contribution in [2.24, 2.45) is 5.73 Å². The van der Waals surface area contributed by atoms with Gasteiger partial charge in [-0.3, -0.25) is 4.98 Å². The van der Waals surface area contributed by atoms with Crippen LogP contribution in [0.15, 0.2) is 48.8 Å². The van der Waals surface area contributed by atoms with Crippen LogP contribution in [0.4, 0.5) is 0 Å². The minimum Gasteiger partial charge on any atom is -0.405 e. The Kier molecular flexibility index (Phi) is 4.39. The highest BCUT2D eigenvalue weighted by atomic mass is 14.7. The Balaban J connectivity index is 2.31. The molecule has 0 fully saturated rings. The molecular formula is C11H14N2. The molecule has 1 rings (SSSR count). The molecule has 0 bridgehead atoms. The Morgan fingerprint density at radius 1 is 1.23 bits per heavy atom. The molecule has 0 aliphatic heterocycles. The first-order valence-corrected chi connectivity index (χ1v) is 4.35. The number of aromatic nitrogens is 1. The van der Waals surface area contributed by atoms with Crippen molar-refractivity contribution in [1.82, 2.24) is 4.98 Å². The Hall–Kier alpha value is -1.57. The molecule has 0 amide bonds. The summed E-state index contributed by atoms with van der Waals surface area (Å²) in [6, 6.07) is 5.93. The Bertz CT molecular complexity index is 275. The maximum Gasteiger partial charge on any atom is 0.0441 e. The fraction of sp³-hybridized carbons (Fsp3) is 0.182. The van der Waals surface area contributed by atoms with Gasteiger partial charge in [0, 0.05) is 18.3 Å². The van der Waals surface area contributed by atoms with Crippen LogP contribution in [-0.4, -0.2) is 4.98 Å². The van der Waals surface area contributed by atoms with E-state index in [1.165, 1.54) is 0 Å². The van der Waals surface area contributed by atoms with Gasteiger partial charge in [0.05, 0.1) is 0 Å². The van der Waals surface area contributed by atoms with Gasteiger partial charge in [0.1, 0.15) is 0 Å². The average Bonchev–Trinajstić information content (AvgIpc) is 2.19. The predicted octanol–water partition coefficient (Wildman–Crippen LogP) is 2.04. The standard InChI is InChI=1S/C11H14N2/c12-9-5-2-1-3-7-11-8-4-6-10-13-11/h1,3-6,8-10H,2,7,12H2/b3-1-,9-5-. The van der Waals surface area contributed by atoms with Crippen LogP contribution in [0.5, 0.6) is 0 Å². The minimum absolute atomic E-state index is 0.888. The van der Waals surface area contributed by atoms with E-state index in [1.54, 1.807) is 6.20 Å². The van der Waals surface area contributed by atoms with Crippen molar-refractivity contribution in [3.63, 3.8) is 0 Å². The van der Waals surface area contributed by atoms with Crippen LogP contribution in [0.2, 0.25) is 0 Å². The summed E-state index contributed by atoms with van der Waals surface area (Å²) in [4.78, 5) is 4.20. The normalized spacial score (nSPS) is 11.4. The van der Waals surface area contributed by atoms with Crippen molar-refractivity contribution >= 4 is 0 Å². The van der Waals surface area contributed by atoms with E-state index in [0.29, 0.717) is 0 Å². The molecule has 68 valence electrons. The molecule has 0 radical (unpaired) electrons. The summed E-state index contributed by atoms with van der Waals surface area (Å²) >= 11 is 0. The van der Waals surface area contributed by atoms with E-state index in [9.17, 15) is 0 Å². The summed E-state index contributed by atoms with van der Waals surface area (Å²) in [5.41, 5.74) is 6.29. The quantitative estimate of drug-likeness (QED) is 0.709. The van der Waals surface area contributed by atoms with Crippen LogP contribution in [-0.2, 0) is 6.42 Å². The number of hydrogen-bond donors (Lipinski definition) is 1.